The third-order valence-electron chi connectivity index (χ3n) is 3.67. The van der Waals surface area contributed by atoms with Crippen LogP contribution in [-0.2, 0) is 0 Å². The van der Waals surface area contributed by atoms with Gasteiger partial charge in [-0.2, -0.15) is 0 Å². The van der Waals surface area contributed by atoms with Gasteiger partial charge in [-0.3, -0.25) is 0 Å². The summed E-state index contributed by atoms with van der Waals surface area (Å²) in [6.45, 7) is 27.0. The molecule has 0 radical (unpaired) electrons. The van der Waals surface area contributed by atoms with Crippen molar-refractivity contribution in [3.8, 4) is 57.2 Å². The first-order valence-electron chi connectivity index (χ1n) is 11.5. The second-order valence-electron chi connectivity index (χ2n) is 12.4. The lowest BCUT2D eigenvalue weighted by molar-refractivity contribution is 1.29. The van der Waals surface area contributed by atoms with Gasteiger partial charge >= 0.3 is 0 Å². The molecule has 0 bridgehead atoms. The van der Waals surface area contributed by atoms with E-state index < -0.39 is 32.3 Å². The zero-order valence-electron chi connectivity index (χ0n) is 22.7. The van der Waals surface area contributed by atoms with Crippen LogP contribution in [0.3, 0.4) is 0 Å². The van der Waals surface area contributed by atoms with Crippen molar-refractivity contribution in [2.24, 2.45) is 0 Å². The Morgan fingerprint density at radius 3 is 0.971 bits per heavy atom. The molecule has 0 atom stereocenters. The molecular weight excluding hydrogens is 517 g/mol. The molecule has 0 unspecified atom stereocenters. The summed E-state index contributed by atoms with van der Waals surface area (Å²) in [5.41, 5.74) is 15.5. The molecule has 178 valence electrons. The molecule has 2 aromatic heterocycles. The highest BCUT2D eigenvalue weighted by molar-refractivity contribution is 7.14. The van der Waals surface area contributed by atoms with Gasteiger partial charge < -0.3 is 0 Å². The quantitative estimate of drug-likeness (QED) is 0.276. The lowest BCUT2D eigenvalue weighted by atomic mass is 10.2. The zero-order valence-corrected chi connectivity index (χ0v) is 28.3. The van der Waals surface area contributed by atoms with Crippen molar-refractivity contribution in [2.75, 3.05) is 0 Å². The van der Waals surface area contributed by atoms with Gasteiger partial charge in [-0.05, 0) is 11.8 Å². The molecule has 0 N–H and O–H groups in total. The fourth-order valence-electron chi connectivity index (χ4n) is 2.21. The maximum Gasteiger partial charge on any atom is 0.168 e. The number of hydrogen-bond acceptors (Lipinski definition) is 4. The van der Waals surface area contributed by atoms with Crippen molar-refractivity contribution in [1.29, 1.82) is 0 Å². The number of thiazole rings is 2. The van der Waals surface area contributed by atoms with Crippen molar-refractivity contribution < 1.29 is 0 Å². The van der Waals surface area contributed by atoms with Crippen LogP contribution >= 0.6 is 22.7 Å². The van der Waals surface area contributed by atoms with Crippen molar-refractivity contribution in [3.63, 3.8) is 0 Å². The van der Waals surface area contributed by atoms with E-state index in [1.807, 2.05) is 0 Å². The number of rotatable bonds is 1. The molecule has 2 heterocycles. The Morgan fingerprint density at radius 2 is 0.706 bits per heavy atom. The van der Waals surface area contributed by atoms with E-state index in [2.05, 4.69) is 124 Å². The van der Waals surface area contributed by atoms with Crippen LogP contribution in [0.2, 0.25) is 78.6 Å². The van der Waals surface area contributed by atoms with E-state index >= 15 is 0 Å². The Kier molecular flexibility index (Phi) is 8.87. The molecule has 2 aromatic rings. The number of aromatic nitrogens is 2. The molecule has 2 nitrogen and oxygen atoms in total. The molecule has 0 saturated carbocycles. The maximum absolute atomic E-state index is 4.94. The molecule has 0 saturated heterocycles. The van der Waals surface area contributed by atoms with Gasteiger partial charge in [0, 0.05) is 0 Å². The van der Waals surface area contributed by atoms with E-state index in [4.69, 9.17) is 9.97 Å². The third kappa shape index (κ3) is 10.3. The SMILES string of the molecule is C[Si](C)(C)C#Cc1nc(-c2nc(C#C[Si](C)(C)C)sc2C#C[Si](C)(C)C)c(C#C[Si](C)(C)C)s1. The lowest BCUT2D eigenvalue weighted by Crippen LogP contribution is -2.16. The van der Waals surface area contributed by atoms with Gasteiger partial charge in [-0.15, -0.1) is 22.2 Å². The Balaban J connectivity index is 2.78. The summed E-state index contributed by atoms with van der Waals surface area (Å²) in [5, 5.41) is 1.62. The molecule has 0 aliphatic rings. The first-order valence-corrected chi connectivity index (χ1v) is 27.1. The van der Waals surface area contributed by atoms with Gasteiger partial charge in [0.15, 0.2) is 10.0 Å². The highest BCUT2D eigenvalue weighted by Gasteiger charge is 2.21. The van der Waals surface area contributed by atoms with E-state index in [-0.39, 0.29) is 0 Å². The minimum Gasteiger partial charge on any atom is -0.225 e. The van der Waals surface area contributed by atoms with E-state index in [9.17, 15) is 0 Å². The van der Waals surface area contributed by atoms with Crippen LogP contribution in [0.15, 0.2) is 0 Å². The summed E-state index contributed by atoms with van der Waals surface area (Å²) in [6, 6.07) is 0. The third-order valence-corrected chi connectivity index (χ3v) is 8.94. The largest absolute Gasteiger partial charge is 0.225 e. The number of hydrogen-bond donors (Lipinski definition) is 0. The summed E-state index contributed by atoms with van der Waals surface area (Å²) in [6.07, 6.45) is 0. The van der Waals surface area contributed by atoms with Gasteiger partial charge in [0.25, 0.3) is 0 Å². The average Bonchev–Trinajstić information content (AvgIpc) is 3.22. The topological polar surface area (TPSA) is 25.8 Å². The summed E-state index contributed by atoms with van der Waals surface area (Å²) < 4.78 is 0. The Hall–Kier alpha value is -1.63. The Morgan fingerprint density at radius 1 is 0.441 bits per heavy atom. The Labute approximate surface area is 219 Å². The second-order valence-corrected chi connectivity index (χ2v) is 33.4. The van der Waals surface area contributed by atoms with Crippen LogP contribution in [0.1, 0.15) is 19.8 Å². The van der Waals surface area contributed by atoms with Crippen LogP contribution in [-0.4, -0.2) is 42.3 Å². The highest BCUT2D eigenvalue weighted by Crippen LogP contribution is 2.32. The first-order chi connectivity index (χ1) is 15.3. The smallest absolute Gasteiger partial charge is 0.168 e. The molecule has 0 fully saturated rings. The van der Waals surface area contributed by atoms with Crippen molar-refractivity contribution in [1.82, 2.24) is 9.97 Å². The first kappa shape index (κ1) is 28.6. The molecule has 0 aliphatic carbocycles. The summed E-state index contributed by atoms with van der Waals surface area (Å²) in [5.74, 6) is 13.5. The molecule has 0 spiro atoms. The lowest BCUT2D eigenvalue weighted by Gasteiger charge is -2.03. The predicted octanol–water partition coefficient (Wildman–Crippen LogP) is 7.18. The van der Waals surface area contributed by atoms with Crippen molar-refractivity contribution in [3.05, 3.63) is 19.8 Å². The molecular formula is C26H36N2S2Si4. The van der Waals surface area contributed by atoms with Gasteiger partial charge in [-0.25, -0.2) is 9.97 Å². The molecule has 34 heavy (non-hydrogen) atoms. The maximum atomic E-state index is 4.94. The number of nitrogens with zero attached hydrogens (tertiary/aromatic N) is 2. The highest BCUT2D eigenvalue weighted by atomic mass is 32.1. The normalized spacial score (nSPS) is 11.8. The fraction of sp³-hybridized carbons (Fsp3) is 0.462. The standard InChI is InChI=1S/C26H36N2S2Si4/c1-31(2,3)17-13-21-25(27-23(29-21)15-19-33(7,8)9)26-22(14-18-32(4,5)6)30-24(28-26)16-20-34(10,11)12/h1-12H3. The fourth-order valence-corrected chi connectivity index (χ4v) is 6.10. The van der Waals surface area contributed by atoms with E-state index in [1.165, 1.54) is 0 Å². The molecule has 2 rings (SSSR count). The van der Waals surface area contributed by atoms with Crippen LogP contribution in [0.4, 0.5) is 0 Å². The van der Waals surface area contributed by atoms with E-state index in [0.29, 0.717) is 0 Å². The summed E-state index contributed by atoms with van der Waals surface area (Å²) in [4.78, 5) is 11.8. The van der Waals surface area contributed by atoms with Crippen molar-refractivity contribution in [2.45, 2.75) is 78.6 Å². The van der Waals surface area contributed by atoms with Crippen LogP contribution in [0.5, 0.6) is 0 Å². The van der Waals surface area contributed by atoms with E-state index in [0.717, 1.165) is 31.2 Å². The van der Waals surface area contributed by atoms with Gasteiger partial charge in [-0.1, -0.05) is 113 Å². The minimum atomic E-state index is -1.55. The van der Waals surface area contributed by atoms with Crippen LogP contribution in [0, 0.1) is 45.9 Å². The summed E-state index contributed by atoms with van der Waals surface area (Å²) in [7, 11) is -6.14. The van der Waals surface area contributed by atoms with Crippen molar-refractivity contribution >= 4 is 55.0 Å². The second kappa shape index (κ2) is 10.5. The van der Waals surface area contributed by atoms with Crippen LogP contribution in [0.25, 0.3) is 11.4 Å². The molecule has 0 amide bonds. The zero-order chi connectivity index (χ0) is 25.9. The Bertz CT molecular complexity index is 1210. The molecule has 8 heteroatoms. The van der Waals surface area contributed by atoms with Gasteiger partial charge in [0.2, 0.25) is 0 Å². The van der Waals surface area contributed by atoms with Gasteiger partial charge in [0.1, 0.15) is 53.4 Å². The average molecular weight is 553 g/mol. The molecule has 0 aliphatic heterocycles. The van der Waals surface area contributed by atoms with Crippen LogP contribution < -0.4 is 0 Å². The summed E-state index contributed by atoms with van der Waals surface area (Å²) >= 11 is 3.15. The minimum absolute atomic E-state index is 0.809. The molecule has 0 aromatic carbocycles. The van der Waals surface area contributed by atoms with E-state index in [1.54, 1.807) is 22.7 Å². The predicted molar refractivity (Wildman–Crippen MR) is 164 cm³/mol. The monoisotopic (exact) mass is 552 g/mol. The van der Waals surface area contributed by atoms with Gasteiger partial charge in [0.05, 0.1) is 0 Å².